The first kappa shape index (κ1) is 119. The van der Waals surface area contributed by atoms with Crippen molar-refractivity contribution < 1.29 is 176 Å². The second-order valence-electron chi connectivity index (χ2n) is 36.8. The third kappa shape index (κ3) is 33.8. The molecule has 0 saturated carbocycles. The van der Waals surface area contributed by atoms with E-state index in [2.05, 4.69) is 74.2 Å². The Labute approximate surface area is 814 Å². The molecule has 6 aliphatic rings. The number of aliphatic hydroxyl groups excluding tert-OH is 16. The van der Waals surface area contributed by atoms with Crippen LogP contribution in [0.4, 0.5) is 0 Å². The number of Topliss-reactive ketones (excluding diaryl/α,β-unsaturated/α-hetero) is 1. The Morgan fingerprint density at radius 1 is 0.489 bits per heavy atom. The number of rotatable bonds is 28. The number of amides is 13. The van der Waals surface area contributed by atoms with Gasteiger partial charge in [-0.05, 0) is 94.7 Å². The molecule has 29 N–H and O–H groups in total. The topological polar surface area (TPSA) is 802 Å². The number of nitrogens with two attached hydrogens (primary N) is 1. The van der Waals surface area contributed by atoms with Crippen molar-refractivity contribution in [3.63, 3.8) is 0 Å². The molecule has 0 aliphatic carbocycles. The number of phenolic OH excluding ortho intramolecular Hbond substituents is 2. The molecule has 2 aromatic rings. The van der Waals surface area contributed by atoms with Gasteiger partial charge in [-0.25, -0.2) is 0 Å². The van der Waals surface area contributed by atoms with E-state index >= 15 is 0 Å². The lowest BCUT2D eigenvalue weighted by molar-refractivity contribution is -0.149. The lowest BCUT2D eigenvalue weighted by Crippen LogP contribution is -2.64. The smallest absolute Gasteiger partial charge is 0.446 e. The third-order valence-electron chi connectivity index (χ3n) is 25.1. The van der Waals surface area contributed by atoms with Gasteiger partial charge in [-0.2, -0.15) is 8.42 Å². The van der Waals surface area contributed by atoms with Crippen molar-refractivity contribution in [1.82, 2.24) is 62.1 Å². The van der Waals surface area contributed by atoms with E-state index in [1.807, 2.05) is 17.6 Å². The van der Waals surface area contributed by atoms with Gasteiger partial charge >= 0.3 is 10.4 Å². The molecule has 50 heteroatoms. The van der Waals surface area contributed by atoms with Gasteiger partial charge in [0.1, 0.15) is 84.5 Å². The second-order valence-corrected chi connectivity index (χ2v) is 37.8. The van der Waals surface area contributed by atoms with Crippen molar-refractivity contribution in [2.75, 3.05) is 26.2 Å². The molecule has 6 fully saturated rings. The number of fused-ring (bicyclic) bond motifs is 4. The maximum atomic E-state index is 14.3. The van der Waals surface area contributed by atoms with Crippen LogP contribution in [0.5, 0.6) is 17.2 Å². The van der Waals surface area contributed by atoms with Crippen molar-refractivity contribution in [2.24, 2.45) is 29.4 Å². The highest BCUT2D eigenvalue weighted by Gasteiger charge is 2.54. The summed E-state index contributed by atoms with van der Waals surface area (Å²) in [5.41, 5.74) is 4.68. The van der Waals surface area contributed by atoms with E-state index in [0.29, 0.717) is 28.7 Å². The predicted octanol–water partition coefficient (Wildman–Crippen LogP) is -7.17. The number of nitrogens with one attached hydrogen (secondary N) is 8. The molecule has 792 valence electrons. The Kier molecular flexibility index (Phi) is 46.7. The van der Waals surface area contributed by atoms with E-state index in [-0.39, 0.29) is 24.3 Å². The molecule has 141 heavy (non-hydrogen) atoms. The number of hydrogen-bond donors (Lipinski definition) is 28. The number of aliphatic hydroxyl groups is 16. The number of phenols is 2. The normalized spacial score (nSPS) is 30.5. The van der Waals surface area contributed by atoms with E-state index in [9.17, 15) is 167 Å². The number of carbonyl (C=O) groups excluding carboxylic acids is 14. The van der Waals surface area contributed by atoms with Crippen molar-refractivity contribution in [1.29, 1.82) is 0 Å². The van der Waals surface area contributed by atoms with Gasteiger partial charge in [-0.1, -0.05) is 123 Å². The predicted molar refractivity (Wildman–Crippen MR) is 493 cm³/mol. The quantitative estimate of drug-likeness (QED) is 0.0214. The molecule has 13 amide bonds. The van der Waals surface area contributed by atoms with Crippen LogP contribution < -0.4 is 52.5 Å². The monoisotopic (exact) mass is 2020 g/mol. The van der Waals surface area contributed by atoms with Crippen molar-refractivity contribution in [3.05, 3.63) is 77.9 Å². The Bertz CT molecular complexity index is 4750. The zero-order valence-corrected chi connectivity index (χ0v) is 80.8. The van der Waals surface area contributed by atoms with Crippen LogP contribution in [0.2, 0.25) is 0 Å². The molecule has 2 aromatic carbocycles. The molecular weight excluding hydrogens is 1880 g/mol. The van der Waals surface area contributed by atoms with E-state index in [1.54, 1.807) is 0 Å². The van der Waals surface area contributed by atoms with Gasteiger partial charge in [-0.3, -0.25) is 71.7 Å². The Balaban J connectivity index is 0.000000379. The van der Waals surface area contributed by atoms with Gasteiger partial charge in [0, 0.05) is 76.0 Å². The molecule has 6 saturated heterocycles. The average molecular weight is 2030 g/mol. The molecular formula is C91H141N13O36S. The van der Waals surface area contributed by atoms with E-state index in [1.165, 1.54) is 90.0 Å². The molecule has 6 aliphatic heterocycles. The Morgan fingerprint density at radius 2 is 0.929 bits per heavy atom. The van der Waals surface area contributed by atoms with Crippen LogP contribution in [0.3, 0.4) is 0 Å². The number of nitrogens with zero attached hydrogens (tertiary/aromatic N) is 4. The summed E-state index contributed by atoms with van der Waals surface area (Å²) in [7, 11) is -5.30. The minimum Gasteiger partial charge on any atom is -0.508 e. The Morgan fingerprint density at radius 3 is 1.43 bits per heavy atom. The van der Waals surface area contributed by atoms with Gasteiger partial charge in [0.25, 0.3) is 0 Å². The molecule has 0 aromatic heterocycles. The zero-order chi connectivity index (χ0) is 106. The lowest BCUT2D eigenvalue weighted by Gasteiger charge is -2.34. The first-order valence-corrected chi connectivity index (χ1v) is 48.4. The second kappa shape index (κ2) is 55.3. The van der Waals surface area contributed by atoms with Crippen molar-refractivity contribution in [2.45, 2.75) is 336 Å². The number of aromatic hydroxyl groups is 2. The van der Waals surface area contributed by atoms with E-state index in [4.69, 9.17) is 10.3 Å². The van der Waals surface area contributed by atoms with Crippen LogP contribution in [-0.4, -0.2) is 379 Å². The Hall–Kier alpha value is -10.6. The number of carbonyl (C=O) groups is 14. The average Bonchev–Trinajstić information content (AvgIpc) is 1.69. The number of benzene rings is 2. The van der Waals surface area contributed by atoms with Gasteiger partial charge in [0.2, 0.25) is 76.8 Å². The van der Waals surface area contributed by atoms with Crippen LogP contribution in [0.1, 0.15) is 201 Å². The van der Waals surface area contributed by atoms with Crippen molar-refractivity contribution in [3.8, 4) is 17.2 Å². The summed E-state index contributed by atoms with van der Waals surface area (Å²) >= 11 is 0. The number of allylic oxidation sites excluding steroid dienone is 4. The van der Waals surface area contributed by atoms with Gasteiger partial charge < -0.3 is 164 Å². The fourth-order valence-electron chi connectivity index (χ4n) is 17.0. The first-order valence-electron chi connectivity index (χ1n) is 47.0. The number of primary amides is 1. The summed E-state index contributed by atoms with van der Waals surface area (Å²) in [5, 5.41) is 214. The SMILES string of the molecule is CC1CC(O)C(O)NC(=O)C2C(O)C(C)CN2C(=O)C(C(O)CC(N)=O)NC(=O)C(C(O)C(O)c2ccc(O)c(OS(=O)(=O)O)c2)NC(=O)C2CC(O)CN2C(=O)C(C(C)O)NC1=O.CCCC/C=C/C/C=C/CCCCC.CCCCCC(=O)N[C@H]1C[C@@H](O)[C@@H](O)NC(=O)[C@@H]2[C@@H](O)[C@@H](C)CN2C(=O)[C@H]([C@@H](C)O)NC(=O)[C@H]([C@H](O)[C@@H](O)c2ccc(O)cc2)CC(=O)[C@@H]2C[C@@H](O)CN2C(=O)[C@H]([C@@H](C)O)NC1=O. The van der Waals surface area contributed by atoms with Gasteiger partial charge in [0.15, 0.2) is 29.7 Å². The van der Waals surface area contributed by atoms with Crippen LogP contribution in [0, 0.1) is 23.7 Å². The fourth-order valence-corrected chi connectivity index (χ4v) is 17.3. The fraction of sp³-hybridized carbons (Fsp3) is 0.670. The third-order valence-corrected chi connectivity index (χ3v) is 25.5. The van der Waals surface area contributed by atoms with E-state index < -0.39 is 350 Å². The summed E-state index contributed by atoms with van der Waals surface area (Å²) in [6.07, 6.45) is -14.1. The maximum Gasteiger partial charge on any atom is 0.446 e. The highest BCUT2D eigenvalue weighted by atomic mass is 32.3. The number of ketones is 1. The van der Waals surface area contributed by atoms with Crippen molar-refractivity contribution >= 4 is 93.0 Å². The largest absolute Gasteiger partial charge is 0.508 e. The molecule has 15 unspecified atom stereocenters. The summed E-state index contributed by atoms with van der Waals surface area (Å²) in [6.45, 7) is 11.9. The first-order chi connectivity index (χ1) is 66.1. The number of unbranched alkanes of at least 4 members (excludes halogenated alkanes) is 7. The molecule has 0 bridgehead atoms. The van der Waals surface area contributed by atoms with Gasteiger partial charge in [-0.15, -0.1) is 0 Å². The highest BCUT2D eigenvalue weighted by molar-refractivity contribution is 7.81. The summed E-state index contributed by atoms with van der Waals surface area (Å²) in [6, 6.07) is -12.3. The molecule has 6 heterocycles. The summed E-state index contributed by atoms with van der Waals surface area (Å²) < 4.78 is 36.2. The maximum absolute atomic E-state index is 14.3. The molecule has 0 radical (unpaired) electrons. The van der Waals surface area contributed by atoms with Crippen LogP contribution in [-0.2, 0) is 77.5 Å². The summed E-state index contributed by atoms with van der Waals surface area (Å²) in [5.74, 6) is -23.7. The van der Waals surface area contributed by atoms with E-state index in [0.717, 1.165) is 55.5 Å². The number of hydrogen-bond acceptors (Lipinski definition) is 35. The highest BCUT2D eigenvalue weighted by Crippen LogP contribution is 2.36. The van der Waals surface area contributed by atoms with Crippen LogP contribution in [0.25, 0.3) is 0 Å². The molecule has 0 spiro atoms. The van der Waals surface area contributed by atoms with Crippen LogP contribution >= 0.6 is 0 Å². The summed E-state index contributed by atoms with van der Waals surface area (Å²) in [4.78, 5) is 196. The minimum atomic E-state index is -5.30. The molecule has 30 atom stereocenters. The zero-order valence-electron chi connectivity index (χ0n) is 79.9. The molecule has 8 rings (SSSR count). The standard InChI is InChI=1S/C41H62N6O16.C36H53N7O20S.C14H26/c1-5-6-7-8-29(54)42-25-15-28(53)38(60)45-39(61)32-33(55)18(2)16-47(32)41(63)31(20(4)49)43-36(58)24(35(57)34(56)21-9-11-22(50)12-10-21)14-27(52)26-13-23(51)17-46(26)40(62)30(19(3)48)44-37(25)59;1-12-6-20(48)32(55)41-34(57)26-27(50)13(2)10-43(26)36(59)24(19(47)9-22(37)49)39-33(56)25(29(52)28(51)15-4-5-18(46)21(7-15)63-64(60,61)62)40-31(54)17-8-16(45)11-42(17)35(58)23(14(3)44)38-30(12)53;1-3-5-7-9-11-13-14-12-10-8-6-4-2/h9-12,18-20,23-26,28,30-35,38,48-51,53,55-57,60H,5-8,13-17H2,1-4H3,(H,42,54)(H,43,58)(H,44,59)(H,45,61);4-5,7,12-14,16-17,19-20,23-29,32,44-48,50-52,55H,6,8-11H2,1-3H3,(H2,37,49)(H,38,53)(H,39,56)(H,40,54)(H,41,57)(H,60,61,62);9,11-12,14H,3-8,10,13H2,1-2H3/b;;11-9+,14-12+/t18-,19+,20+,23+,24-,25-,26-,28+,30-,31-,32-,33-,34-,35-,38+;;/m0../s1. The van der Waals surface area contributed by atoms with Crippen LogP contribution in [0.15, 0.2) is 66.8 Å². The lowest BCUT2D eigenvalue weighted by atomic mass is 9.86. The van der Waals surface area contributed by atoms with Gasteiger partial charge in [0.05, 0.1) is 79.4 Å². The molecule has 49 nitrogen and oxygen atoms in total. The minimum absolute atomic E-state index is 0.0219.